The van der Waals surface area contributed by atoms with E-state index in [0.717, 1.165) is 19.2 Å². The number of hydrogen-bond donors (Lipinski definition) is 1. The van der Waals surface area contributed by atoms with Gasteiger partial charge in [-0.1, -0.05) is 6.07 Å². The fourth-order valence-corrected chi connectivity index (χ4v) is 2.21. The van der Waals surface area contributed by atoms with Crippen LogP contribution in [0.3, 0.4) is 0 Å². The second-order valence-electron chi connectivity index (χ2n) is 5.30. The highest BCUT2D eigenvalue weighted by atomic mass is 16.6. The number of amides is 1. The van der Waals surface area contributed by atoms with Crippen LogP contribution in [0, 0.1) is 10.1 Å². The number of carbonyl (C=O) groups is 2. The van der Waals surface area contributed by atoms with Crippen molar-refractivity contribution in [3.8, 4) is 11.5 Å². The lowest BCUT2D eigenvalue weighted by molar-refractivity contribution is -0.384. The number of nitrogens with one attached hydrogen (secondary N) is 1. The van der Waals surface area contributed by atoms with E-state index in [1.54, 1.807) is 31.4 Å². The van der Waals surface area contributed by atoms with Gasteiger partial charge in [-0.05, 0) is 18.2 Å². The molecule has 9 heteroatoms. The number of rotatable bonds is 8. The van der Waals surface area contributed by atoms with Gasteiger partial charge in [-0.25, -0.2) is 4.79 Å². The van der Waals surface area contributed by atoms with Crippen molar-refractivity contribution >= 4 is 17.6 Å². The third kappa shape index (κ3) is 5.43. The van der Waals surface area contributed by atoms with Crippen LogP contribution in [-0.4, -0.2) is 44.2 Å². The van der Waals surface area contributed by atoms with Gasteiger partial charge in [0.25, 0.3) is 11.6 Å². The highest BCUT2D eigenvalue weighted by molar-refractivity contribution is 5.98. The molecule has 142 valence electrons. The first-order valence-corrected chi connectivity index (χ1v) is 7.87. The molecule has 2 rings (SSSR count). The van der Waals surface area contributed by atoms with E-state index in [1.807, 2.05) is 0 Å². The second-order valence-corrected chi connectivity index (χ2v) is 5.30. The quantitative estimate of drug-likeness (QED) is 0.326. The number of carbonyl (C=O) groups excluding carboxylic acids is 2. The molecule has 1 N–H and O–H groups in total. The largest absolute Gasteiger partial charge is 0.497 e. The minimum atomic E-state index is -0.769. The summed E-state index contributed by atoms with van der Waals surface area (Å²) in [7, 11) is 2.69. The van der Waals surface area contributed by atoms with Gasteiger partial charge in [-0.15, -0.1) is 0 Å². The van der Waals surface area contributed by atoms with E-state index in [9.17, 15) is 19.7 Å². The smallest absolute Gasteiger partial charge is 0.338 e. The molecule has 0 unspecified atom stereocenters. The number of nitro benzene ring substituents is 1. The average Bonchev–Trinajstić information content (AvgIpc) is 2.70. The van der Waals surface area contributed by atoms with Crippen molar-refractivity contribution in [1.82, 2.24) is 5.32 Å². The predicted octanol–water partition coefficient (Wildman–Crippen LogP) is 2.20. The summed E-state index contributed by atoms with van der Waals surface area (Å²) in [6.45, 7) is 0.337. The van der Waals surface area contributed by atoms with Gasteiger partial charge in [-0.3, -0.25) is 14.9 Å². The third-order valence-electron chi connectivity index (χ3n) is 3.51. The molecule has 0 spiro atoms. The molecular formula is C18H18N2O7. The van der Waals surface area contributed by atoms with Crippen LogP contribution in [0.15, 0.2) is 42.5 Å². The van der Waals surface area contributed by atoms with Crippen LogP contribution in [0.4, 0.5) is 5.69 Å². The lowest BCUT2D eigenvalue weighted by atomic mass is 10.1. The van der Waals surface area contributed by atoms with E-state index in [-0.39, 0.29) is 30.0 Å². The number of nitrogens with zero attached hydrogens (tertiary/aromatic N) is 1. The molecule has 0 aromatic heterocycles. The summed E-state index contributed by atoms with van der Waals surface area (Å²) in [5, 5.41) is 13.6. The van der Waals surface area contributed by atoms with Crippen molar-refractivity contribution in [2.24, 2.45) is 0 Å². The van der Waals surface area contributed by atoms with Gasteiger partial charge in [0.2, 0.25) is 0 Å². The first-order valence-electron chi connectivity index (χ1n) is 7.87. The monoisotopic (exact) mass is 374 g/mol. The highest BCUT2D eigenvalue weighted by Crippen LogP contribution is 2.19. The lowest BCUT2D eigenvalue weighted by Crippen LogP contribution is -2.28. The number of hydrogen-bond acceptors (Lipinski definition) is 7. The van der Waals surface area contributed by atoms with Crippen molar-refractivity contribution in [2.75, 3.05) is 27.4 Å². The summed E-state index contributed by atoms with van der Waals surface area (Å²) >= 11 is 0. The summed E-state index contributed by atoms with van der Waals surface area (Å²) < 4.78 is 15.1. The van der Waals surface area contributed by atoms with Crippen molar-refractivity contribution in [1.29, 1.82) is 0 Å². The van der Waals surface area contributed by atoms with Crippen LogP contribution >= 0.6 is 0 Å². The number of benzene rings is 2. The fraction of sp³-hybridized carbons (Fsp3) is 0.222. The molecule has 0 saturated carbocycles. The molecule has 0 radical (unpaired) electrons. The molecule has 0 bridgehead atoms. The molecule has 0 heterocycles. The Balaban J connectivity index is 1.99. The minimum Gasteiger partial charge on any atom is -0.497 e. The lowest BCUT2D eigenvalue weighted by Gasteiger charge is -2.09. The summed E-state index contributed by atoms with van der Waals surface area (Å²) in [5.74, 6) is -0.123. The molecule has 0 aliphatic rings. The van der Waals surface area contributed by atoms with E-state index < -0.39 is 16.8 Å². The maximum absolute atomic E-state index is 12.2. The Morgan fingerprint density at radius 3 is 2.44 bits per heavy atom. The van der Waals surface area contributed by atoms with Gasteiger partial charge < -0.3 is 19.5 Å². The Morgan fingerprint density at radius 1 is 1.07 bits per heavy atom. The Bertz CT molecular complexity index is 851. The Labute approximate surface area is 155 Å². The van der Waals surface area contributed by atoms with Crippen LogP contribution < -0.4 is 14.8 Å². The Kier molecular flexibility index (Phi) is 6.70. The van der Waals surface area contributed by atoms with Crippen molar-refractivity contribution in [2.45, 2.75) is 0 Å². The molecule has 9 nitrogen and oxygen atoms in total. The van der Waals surface area contributed by atoms with Crippen molar-refractivity contribution < 1.29 is 28.7 Å². The highest BCUT2D eigenvalue weighted by Gasteiger charge is 2.18. The van der Waals surface area contributed by atoms with E-state index in [2.05, 4.69) is 10.1 Å². The third-order valence-corrected chi connectivity index (χ3v) is 3.51. The van der Waals surface area contributed by atoms with Gasteiger partial charge in [0, 0.05) is 23.8 Å². The zero-order chi connectivity index (χ0) is 19.8. The molecule has 2 aromatic carbocycles. The van der Waals surface area contributed by atoms with Gasteiger partial charge in [-0.2, -0.15) is 0 Å². The molecule has 0 aliphatic carbocycles. The standard InChI is InChI=1S/C18H18N2O7/c1-25-15-4-3-5-16(11-15)27-7-6-19-17(21)12-8-13(18(22)26-2)10-14(9-12)20(23)24/h3-5,8-11H,6-7H2,1-2H3,(H,19,21). The van der Waals surface area contributed by atoms with Crippen LogP contribution in [0.1, 0.15) is 20.7 Å². The molecule has 27 heavy (non-hydrogen) atoms. The molecule has 0 fully saturated rings. The predicted molar refractivity (Wildman–Crippen MR) is 95.3 cm³/mol. The summed E-state index contributed by atoms with van der Waals surface area (Å²) in [6, 6.07) is 10.4. The van der Waals surface area contributed by atoms with Gasteiger partial charge in [0.05, 0.1) is 31.3 Å². The van der Waals surface area contributed by atoms with Crippen molar-refractivity contribution in [3.63, 3.8) is 0 Å². The van der Waals surface area contributed by atoms with Crippen LogP contribution in [0.25, 0.3) is 0 Å². The fourth-order valence-electron chi connectivity index (χ4n) is 2.21. The molecule has 1 amide bonds. The molecular weight excluding hydrogens is 356 g/mol. The summed E-state index contributed by atoms with van der Waals surface area (Å²) in [6.07, 6.45) is 0. The van der Waals surface area contributed by atoms with Gasteiger partial charge in [0.15, 0.2) is 0 Å². The Morgan fingerprint density at radius 2 is 1.78 bits per heavy atom. The number of ether oxygens (including phenoxy) is 3. The van der Waals surface area contributed by atoms with E-state index in [1.165, 1.54) is 6.07 Å². The molecule has 2 aromatic rings. The summed E-state index contributed by atoms with van der Waals surface area (Å²) in [4.78, 5) is 34.2. The zero-order valence-electron chi connectivity index (χ0n) is 14.8. The molecule has 0 saturated heterocycles. The molecule has 0 atom stereocenters. The average molecular weight is 374 g/mol. The number of methoxy groups -OCH3 is 2. The van der Waals surface area contributed by atoms with E-state index in [0.29, 0.717) is 11.5 Å². The van der Waals surface area contributed by atoms with E-state index in [4.69, 9.17) is 9.47 Å². The van der Waals surface area contributed by atoms with Crippen LogP contribution in [0.5, 0.6) is 11.5 Å². The van der Waals surface area contributed by atoms with Crippen LogP contribution in [-0.2, 0) is 4.74 Å². The second kappa shape index (κ2) is 9.18. The Hall–Kier alpha value is -3.62. The first kappa shape index (κ1) is 19.7. The van der Waals surface area contributed by atoms with Gasteiger partial charge >= 0.3 is 5.97 Å². The minimum absolute atomic E-state index is 0.0222. The van der Waals surface area contributed by atoms with Gasteiger partial charge in [0.1, 0.15) is 18.1 Å². The topological polar surface area (TPSA) is 117 Å². The maximum atomic E-state index is 12.2. The SMILES string of the molecule is COC(=O)c1cc(C(=O)NCCOc2cccc(OC)c2)cc([N+](=O)[O-])c1. The zero-order valence-corrected chi connectivity index (χ0v) is 14.8. The number of esters is 1. The number of non-ortho nitro benzene ring substituents is 1. The van der Waals surface area contributed by atoms with E-state index >= 15 is 0 Å². The normalized spacial score (nSPS) is 10.0. The van der Waals surface area contributed by atoms with Crippen molar-refractivity contribution in [3.05, 3.63) is 63.7 Å². The first-order chi connectivity index (χ1) is 12.9. The number of nitro groups is 1. The summed E-state index contributed by atoms with van der Waals surface area (Å²) in [5.41, 5.74) is -0.480. The maximum Gasteiger partial charge on any atom is 0.338 e. The molecule has 0 aliphatic heterocycles. The van der Waals surface area contributed by atoms with Crippen LogP contribution in [0.2, 0.25) is 0 Å².